The molecular formula is C20H33N3. The summed E-state index contributed by atoms with van der Waals surface area (Å²) < 4.78 is 0. The van der Waals surface area contributed by atoms with Crippen LogP contribution >= 0.6 is 0 Å². The molecule has 23 heavy (non-hydrogen) atoms. The molecule has 2 atom stereocenters. The van der Waals surface area contributed by atoms with Crippen molar-refractivity contribution in [1.29, 1.82) is 0 Å². The number of allylic oxidation sites excluding steroid dienone is 2. The Bertz CT molecular complexity index is 550. The molecule has 1 aliphatic carbocycles. The number of rotatable bonds is 7. The minimum Gasteiger partial charge on any atom is -0.325 e. The van der Waals surface area contributed by atoms with Crippen LogP contribution in [0.4, 0.5) is 0 Å². The fourth-order valence-corrected chi connectivity index (χ4v) is 3.38. The summed E-state index contributed by atoms with van der Waals surface area (Å²) >= 11 is 0. The highest BCUT2D eigenvalue weighted by molar-refractivity contribution is 5.17. The second-order valence-electron chi connectivity index (χ2n) is 7.53. The van der Waals surface area contributed by atoms with Crippen molar-refractivity contribution in [2.24, 2.45) is 11.1 Å². The van der Waals surface area contributed by atoms with Gasteiger partial charge in [-0.05, 0) is 50.0 Å². The molecule has 0 radical (unpaired) electrons. The molecule has 0 bridgehead atoms. The summed E-state index contributed by atoms with van der Waals surface area (Å²) in [5.41, 5.74) is 9.97. The van der Waals surface area contributed by atoms with Crippen molar-refractivity contribution in [3.8, 4) is 0 Å². The zero-order valence-electron chi connectivity index (χ0n) is 15.4. The molecule has 0 amide bonds. The van der Waals surface area contributed by atoms with Crippen molar-refractivity contribution >= 4 is 0 Å². The quantitative estimate of drug-likeness (QED) is 0.727. The van der Waals surface area contributed by atoms with Gasteiger partial charge in [0.15, 0.2) is 0 Å². The van der Waals surface area contributed by atoms with Crippen LogP contribution in [0.15, 0.2) is 17.7 Å². The molecule has 1 aromatic rings. The zero-order valence-corrected chi connectivity index (χ0v) is 15.4. The molecule has 128 valence electrons. The van der Waals surface area contributed by atoms with Gasteiger partial charge in [0.25, 0.3) is 0 Å². The van der Waals surface area contributed by atoms with Crippen molar-refractivity contribution in [2.45, 2.75) is 85.1 Å². The van der Waals surface area contributed by atoms with E-state index < -0.39 is 0 Å². The van der Waals surface area contributed by atoms with E-state index in [2.05, 4.69) is 44.8 Å². The van der Waals surface area contributed by atoms with Gasteiger partial charge in [0.1, 0.15) is 5.82 Å². The third kappa shape index (κ3) is 4.87. The Morgan fingerprint density at radius 2 is 2.00 bits per heavy atom. The van der Waals surface area contributed by atoms with Crippen LogP contribution in [0.25, 0.3) is 0 Å². The van der Waals surface area contributed by atoms with E-state index in [9.17, 15) is 0 Å². The third-order valence-corrected chi connectivity index (χ3v) is 5.22. The van der Waals surface area contributed by atoms with Gasteiger partial charge in [-0.2, -0.15) is 0 Å². The third-order valence-electron chi connectivity index (χ3n) is 5.22. The topological polar surface area (TPSA) is 51.8 Å². The van der Waals surface area contributed by atoms with E-state index in [1.807, 2.05) is 0 Å². The van der Waals surface area contributed by atoms with E-state index in [1.165, 1.54) is 37.8 Å². The van der Waals surface area contributed by atoms with Crippen LogP contribution in [0, 0.1) is 5.41 Å². The molecule has 3 heteroatoms. The number of hydrogen-bond acceptors (Lipinski definition) is 3. The van der Waals surface area contributed by atoms with E-state index in [0.717, 1.165) is 24.4 Å². The monoisotopic (exact) mass is 315 g/mol. The van der Waals surface area contributed by atoms with Gasteiger partial charge in [0.05, 0.1) is 5.69 Å². The Kier molecular flexibility index (Phi) is 6.34. The zero-order chi connectivity index (χ0) is 16.9. The lowest BCUT2D eigenvalue weighted by atomic mass is 9.73. The maximum Gasteiger partial charge on any atom is 0.131 e. The first-order chi connectivity index (χ1) is 11.0. The van der Waals surface area contributed by atoms with E-state index in [4.69, 9.17) is 10.7 Å². The Morgan fingerprint density at radius 3 is 2.57 bits per heavy atom. The molecule has 2 N–H and O–H groups in total. The molecule has 3 nitrogen and oxygen atoms in total. The molecule has 0 saturated carbocycles. The van der Waals surface area contributed by atoms with Gasteiger partial charge in [-0.15, -0.1) is 0 Å². The number of aromatic nitrogens is 2. The van der Waals surface area contributed by atoms with Gasteiger partial charge < -0.3 is 5.73 Å². The maximum absolute atomic E-state index is 5.85. The van der Waals surface area contributed by atoms with Gasteiger partial charge in [0.2, 0.25) is 0 Å². The first-order valence-corrected chi connectivity index (χ1v) is 9.24. The average Bonchev–Trinajstić information content (AvgIpc) is 2.56. The molecule has 1 heterocycles. The average molecular weight is 316 g/mol. The Hall–Kier alpha value is -1.22. The van der Waals surface area contributed by atoms with E-state index >= 15 is 0 Å². The minimum atomic E-state index is 0.324. The molecule has 2 unspecified atom stereocenters. The van der Waals surface area contributed by atoms with E-state index in [0.29, 0.717) is 17.9 Å². The first-order valence-electron chi connectivity index (χ1n) is 9.24. The lowest BCUT2D eigenvalue weighted by molar-refractivity contribution is 0.279. The second kappa shape index (κ2) is 8.05. The molecular weight excluding hydrogens is 282 g/mol. The van der Waals surface area contributed by atoms with Crippen LogP contribution in [0.3, 0.4) is 0 Å². The Labute approximate surface area is 141 Å². The largest absolute Gasteiger partial charge is 0.325 e. The van der Waals surface area contributed by atoms with Crippen molar-refractivity contribution in [3.05, 3.63) is 34.9 Å². The highest BCUT2D eigenvalue weighted by Gasteiger charge is 2.28. The lowest BCUT2D eigenvalue weighted by Gasteiger charge is -2.33. The van der Waals surface area contributed by atoms with Crippen molar-refractivity contribution in [3.63, 3.8) is 0 Å². The maximum atomic E-state index is 5.85. The van der Waals surface area contributed by atoms with Crippen molar-refractivity contribution in [2.75, 3.05) is 0 Å². The van der Waals surface area contributed by atoms with Crippen LogP contribution < -0.4 is 5.73 Å². The summed E-state index contributed by atoms with van der Waals surface area (Å²) in [7, 11) is 0. The summed E-state index contributed by atoms with van der Waals surface area (Å²) in [5, 5.41) is 0. The molecule has 2 rings (SSSR count). The summed E-state index contributed by atoms with van der Waals surface area (Å²) in [6, 6.07) is 2.11. The van der Waals surface area contributed by atoms with Crippen LogP contribution in [0.2, 0.25) is 0 Å². The van der Waals surface area contributed by atoms with Crippen LogP contribution in [0.5, 0.6) is 0 Å². The molecule has 0 aliphatic heterocycles. The second-order valence-corrected chi connectivity index (χ2v) is 7.53. The molecule has 0 fully saturated rings. The van der Waals surface area contributed by atoms with Crippen LogP contribution in [-0.2, 0) is 13.0 Å². The fourth-order valence-electron chi connectivity index (χ4n) is 3.38. The molecule has 1 aromatic heterocycles. The lowest BCUT2D eigenvalue weighted by Crippen LogP contribution is -2.23. The summed E-state index contributed by atoms with van der Waals surface area (Å²) in [4.78, 5) is 9.49. The molecule has 0 saturated heterocycles. The smallest absolute Gasteiger partial charge is 0.131 e. The predicted molar refractivity (Wildman–Crippen MR) is 97.3 cm³/mol. The Balaban J connectivity index is 2.16. The van der Waals surface area contributed by atoms with Gasteiger partial charge in [-0.3, -0.25) is 0 Å². The molecule has 0 spiro atoms. The standard InChI is InChI=1S/C20H33N3/c1-5-7-16-8-10-20(4,11-9-16)13-17-12-18(14-21)23-19(22-17)15(3)6-2/h8,12,15H,5-7,9-11,13-14,21H2,1-4H3. The van der Waals surface area contributed by atoms with Gasteiger partial charge in [-0.1, -0.05) is 45.8 Å². The van der Waals surface area contributed by atoms with Gasteiger partial charge in [-0.25, -0.2) is 9.97 Å². The SMILES string of the molecule is CCCC1=CCC(C)(Cc2cc(CN)nc(C(C)CC)n2)CC1. The minimum absolute atomic E-state index is 0.324. The number of nitrogens with zero attached hydrogens (tertiary/aromatic N) is 2. The van der Waals surface area contributed by atoms with Gasteiger partial charge in [0, 0.05) is 18.2 Å². The van der Waals surface area contributed by atoms with Crippen LogP contribution in [-0.4, -0.2) is 9.97 Å². The fraction of sp³-hybridized carbons (Fsp3) is 0.700. The van der Waals surface area contributed by atoms with Crippen molar-refractivity contribution < 1.29 is 0 Å². The van der Waals surface area contributed by atoms with E-state index in [-0.39, 0.29) is 0 Å². The van der Waals surface area contributed by atoms with E-state index in [1.54, 1.807) is 5.57 Å². The predicted octanol–water partition coefficient (Wildman–Crippen LogP) is 4.91. The van der Waals surface area contributed by atoms with Crippen molar-refractivity contribution in [1.82, 2.24) is 9.97 Å². The molecule has 1 aliphatic rings. The summed E-state index contributed by atoms with van der Waals surface area (Å²) in [5.74, 6) is 1.36. The van der Waals surface area contributed by atoms with Gasteiger partial charge >= 0.3 is 0 Å². The van der Waals surface area contributed by atoms with Crippen LogP contribution in [0.1, 0.15) is 89.4 Å². The highest BCUT2D eigenvalue weighted by Crippen LogP contribution is 2.39. The number of hydrogen-bond donors (Lipinski definition) is 1. The Morgan fingerprint density at radius 1 is 1.26 bits per heavy atom. The normalized spacial score (nSPS) is 22.7. The highest BCUT2D eigenvalue weighted by atomic mass is 14.9. The summed E-state index contributed by atoms with van der Waals surface area (Å²) in [6.45, 7) is 9.54. The number of nitrogens with two attached hydrogens (primary N) is 1. The molecule has 0 aromatic carbocycles. The summed E-state index contributed by atoms with van der Waals surface area (Å²) in [6.07, 6.45) is 10.8. The first kappa shape index (κ1) is 18.1.